The van der Waals surface area contributed by atoms with Crippen molar-refractivity contribution in [1.82, 2.24) is 10.5 Å². The summed E-state index contributed by atoms with van der Waals surface area (Å²) in [7, 11) is 0. The van der Waals surface area contributed by atoms with Crippen LogP contribution in [-0.2, 0) is 11.2 Å². The number of rotatable bonds is 5. The number of fused-ring (bicyclic) bond motifs is 1. The summed E-state index contributed by atoms with van der Waals surface area (Å²) in [6, 6.07) is 16.3. The highest BCUT2D eigenvalue weighted by Crippen LogP contribution is 2.18. The number of hydrogen-bond donors (Lipinski definition) is 1. The Morgan fingerprint density at radius 2 is 2.04 bits per heavy atom. The maximum Gasteiger partial charge on any atom is 0.273 e. The summed E-state index contributed by atoms with van der Waals surface area (Å²) >= 11 is 0. The maximum absolute atomic E-state index is 12.2. The highest BCUT2D eigenvalue weighted by Gasteiger charge is 2.18. The predicted octanol–water partition coefficient (Wildman–Crippen LogP) is 3.18. The number of aromatic nitrogens is 1. The zero-order chi connectivity index (χ0) is 17.1. The molecule has 1 saturated heterocycles. The van der Waals surface area contributed by atoms with Gasteiger partial charge in [-0.05, 0) is 22.8 Å². The maximum atomic E-state index is 12.2. The van der Waals surface area contributed by atoms with E-state index in [1.165, 1.54) is 10.8 Å². The third kappa shape index (κ3) is 3.72. The zero-order valence-corrected chi connectivity index (χ0v) is 13.9. The summed E-state index contributed by atoms with van der Waals surface area (Å²) in [5, 5.41) is 9.20. The van der Waals surface area contributed by atoms with Gasteiger partial charge in [0.25, 0.3) is 5.91 Å². The molecule has 1 aromatic heterocycles. The van der Waals surface area contributed by atoms with Crippen molar-refractivity contribution >= 4 is 16.7 Å². The number of benzene rings is 2. The fourth-order valence-corrected chi connectivity index (χ4v) is 3.13. The van der Waals surface area contributed by atoms with Gasteiger partial charge in [-0.1, -0.05) is 47.6 Å². The van der Waals surface area contributed by atoms with E-state index in [1.807, 2.05) is 12.1 Å². The Morgan fingerprint density at radius 1 is 1.16 bits per heavy atom. The molecule has 4 rings (SSSR count). The van der Waals surface area contributed by atoms with E-state index < -0.39 is 0 Å². The molecule has 1 fully saturated rings. The highest BCUT2D eigenvalue weighted by molar-refractivity contribution is 5.92. The molecule has 0 saturated carbocycles. The fraction of sp³-hybridized carbons (Fsp3) is 0.300. The Labute approximate surface area is 146 Å². The summed E-state index contributed by atoms with van der Waals surface area (Å²) in [5.74, 6) is 0.887. The van der Waals surface area contributed by atoms with Crippen molar-refractivity contribution in [2.75, 3.05) is 19.8 Å². The van der Waals surface area contributed by atoms with E-state index in [9.17, 15) is 4.79 Å². The molecule has 1 unspecified atom stereocenters. The van der Waals surface area contributed by atoms with Crippen molar-refractivity contribution in [2.45, 2.75) is 12.8 Å². The number of hydrogen-bond acceptors (Lipinski definition) is 4. The molecule has 3 aromatic rings. The van der Waals surface area contributed by atoms with Crippen LogP contribution >= 0.6 is 0 Å². The van der Waals surface area contributed by atoms with Crippen molar-refractivity contribution in [3.63, 3.8) is 0 Å². The molecule has 128 valence electrons. The van der Waals surface area contributed by atoms with Gasteiger partial charge in [0.15, 0.2) is 5.69 Å². The van der Waals surface area contributed by atoms with Crippen LogP contribution in [0.3, 0.4) is 0 Å². The van der Waals surface area contributed by atoms with E-state index in [1.54, 1.807) is 6.07 Å². The molecule has 0 radical (unpaired) electrons. The van der Waals surface area contributed by atoms with E-state index in [0.29, 0.717) is 36.9 Å². The lowest BCUT2D eigenvalue weighted by molar-refractivity contribution is 0.0936. The van der Waals surface area contributed by atoms with Crippen molar-refractivity contribution in [3.8, 4) is 0 Å². The van der Waals surface area contributed by atoms with Gasteiger partial charge in [-0.25, -0.2) is 0 Å². The number of amides is 1. The molecule has 25 heavy (non-hydrogen) atoms. The first-order valence-corrected chi connectivity index (χ1v) is 8.57. The summed E-state index contributed by atoms with van der Waals surface area (Å²) in [6.45, 7) is 2.11. The van der Waals surface area contributed by atoms with Gasteiger partial charge in [-0.2, -0.15) is 0 Å². The average Bonchev–Trinajstić information content (AvgIpc) is 3.31. The lowest BCUT2D eigenvalue weighted by atomic mass is 10.0. The molecule has 1 aliphatic heterocycles. The first-order chi connectivity index (χ1) is 12.3. The van der Waals surface area contributed by atoms with Gasteiger partial charge < -0.3 is 14.6 Å². The second-order valence-electron chi connectivity index (χ2n) is 6.48. The van der Waals surface area contributed by atoms with Crippen LogP contribution in [0.25, 0.3) is 10.8 Å². The molecular formula is C20H20N2O3. The highest BCUT2D eigenvalue weighted by atomic mass is 16.5. The minimum Gasteiger partial charge on any atom is -0.381 e. The normalized spacial score (nSPS) is 17.0. The van der Waals surface area contributed by atoms with Crippen LogP contribution < -0.4 is 5.32 Å². The van der Waals surface area contributed by atoms with E-state index in [-0.39, 0.29) is 5.91 Å². The van der Waals surface area contributed by atoms with E-state index >= 15 is 0 Å². The van der Waals surface area contributed by atoms with Gasteiger partial charge in [-0.15, -0.1) is 0 Å². The van der Waals surface area contributed by atoms with Crippen molar-refractivity contribution in [1.29, 1.82) is 0 Å². The van der Waals surface area contributed by atoms with Gasteiger partial charge in [0, 0.05) is 31.6 Å². The number of carbonyl (C=O) groups excluding carboxylic acids is 1. The van der Waals surface area contributed by atoms with Crippen LogP contribution in [0.15, 0.2) is 53.1 Å². The SMILES string of the molecule is O=C(NCC1CCOC1)c1cc(Cc2ccc3ccccc3c2)on1. The monoisotopic (exact) mass is 336 g/mol. The van der Waals surface area contributed by atoms with Crippen LogP contribution in [0.5, 0.6) is 0 Å². The average molecular weight is 336 g/mol. The van der Waals surface area contributed by atoms with Crippen molar-refractivity contribution in [2.24, 2.45) is 5.92 Å². The molecule has 5 nitrogen and oxygen atoms in total. The minimum absolute atomic E-state index is 0.194. The Hall–Kier alpha value is -2.66. The van der Waals surface area contributed by atoms with Crippen LogP contribution in [0.2, 0.25) is 0 Å². The smallest absolute Gasteiger partial charge is 0.273 e. The first-order valence-electron chi connectivity index (χ1n) is 8.57. The van der Waals surface area contributed by atoms with Crippen LogP contribution in [-0.4, -0.2) is 30.8 Å². The number of ether oxygens (including phenoxy) is 1. The molecule has 1 amide bonds. The molecule has 0 bridgehead atoms. The lowest BCUT2D eigenvalue weighted by Crippen LogP contribution is -2.29. The molecule has 2 aromatic carbocycles. The Bertz CT molecular complexity index is 881. The topological polar surface area (TPSA) is 64.4 Å². The summed E-state index contributed by atoms with van der Waals surface area (Å²) < 4.78 is 10.6. The minimum atomic E-state index is -0.194. The third-order valence-electron chi connectivity index (χ3n) is 4.56. The summed E-state index contributed by atoms with van der Waals surface area (Å²) in [4.78, 5) is 12.2. The van der Waals surface area contributed by atoms with Crippen LogP contribution in [0.4, 0.5) is 0 Å². The first kappa shape index (κ1) is 15.8. The molecular weight excluding hydrogens is 316 g/mol. The van der Waals surface area contributed by atoms with Crippen LogP contribution in [0, 0.1) is 5.92 Å². The number of nitrogens with one attached hydrogen (secondary N) is 1. The quantitative estimate of drug-likeness (QED) is 0.777. The van der Waals surface area contributed by atoms with E-state index in [2.05, 4.69) is 40.8 Å². The largest absolute Gasteiger partial charge is 0.381 e. The van der Waals surface area contributed by atoms with Gasteiger partial charge >= 0.3 is 0 Å². The summed E-state index contributed by atoms with van der Waals surface area (Å²) in [5.41, 5.74) is 1.46. The van der Waals surface area contributed by atoms with Crippen molar-refractivity contribution < 1.29 is 14.1 Å². The second kappa shape index (κ2) is 7.07. The van der Waals surface area contributed by atoms with Gasteiger partial charge in [0.05, 0.1) is 6.61 Å². The lowest BCUT2D eigenvalue weighted by Gasteiger charge is -2.07. The van der Waals surface area contributed by atoms with Gasteiger partial charge in [0.2, 0.25) is 0 Å². The molecule has 1 N–H and O–H groups in total. The molecule has 5 heteroatoms. The van der Waals surface area contributed by atoms with E-state index in [0.717, 1.165) is 18.6 Å². The molecule has 0 aliphatic carbocycles. The number of carbonyl (C=O) groups is 1. The van der Waals surface area contributed by atoms with Gasteiger partial charge in [-0.3, -0.25) is 4.79 Å². The molecule has 0 spiro atoms. The Kier molecular flexibility index (Phi) is 4.48. The second-order valence-corrected chi connectivity index (χ2v) is 6.48. The Morgan fingerprint density at radius 3 is 2.88 bits per heavy atom. The standard InChI is InChI=1S/C20H20N2O3/c23-20(21-12-15-7-8-24-13-15)19-11-18(25-22-19)10-14-5-6-16-3-1-2-4-17(16)9-14/h1-6,9,11,15H,7-8,10,12-13H2,(H,21,23). The predicted molar refractivity (Wildman–Crippen MR) is 94.5 cm³/mol. The van der Waals surface area contributed by atoms with Gasteiger partial charge in [0.1, 0.15) is 5.76 Å². The molecule has 2 heterocycles. The zero-order valence-electron chi connectivity index (χ0n) is 13.9. The third-order valence-corrected chi connectivity index (χ3v) is 4.56. The Balaban J connectivity index is 1.40. The van der Waals surface area contributed by atoms with Crippen LogP contribution in [0.1, 0.15) is 28.2 Å². The summed E-state index contributed by atoms with van der Waals surface area (Å²) in [6.07, 6.45) is 1.61. The van der Waals surface area contributed by atoms with E-state index in [4.69, 9.17) is 9.26 Å². The molecule has 1 atom stereocenters. The number of nitrogens with zero attached hydrogens (tertiary/aromatic N) is 1. The fourth-order valence-electron chi connectivity index (χ4n) is 3.13. The van der Waals surface area contributed by atoms with Crippen molar-refractivity contribution in [3.05, 3.63) is 65.5 Å². The molecule has 1 aliphatic rings.